The van der Waals surface area contributed by atoms with E-state index in [2.05, 4.69) is 11.1 Å². The van der Waals surface area contributed by atoms with Crippen molar-refractivity contribution in [2.75, 3.05) is 0 Å². The Labute approximate surface area is 140 Å². The minimum absolute atomic E-state index is 0.220. The number of carbonyl (C=O) groups is 1. The van der Waals surface area contributed by atoms with Gasteiger partial charge in [0.05, 0.1) is 0 Å². The van der Waals surface area contributed by atoms with Gasteiger partial charge in [0, 0.05) is 34.1 Å². The lowest BCUT2D eigenvalue weighted by Crippen LogP contribution is -2.10. The summed E-state index contributed by atoms with van der Waals surface area (Å²) in [5, 5.41) is 1.77. The molecular formula is C19H18ClNO2. The molecule has 1 N–H and O–H groups in total. The molecule has 0 radical (unpaired) electrons. The van der Waals surface area contributed by atoms with Gasteiger partial charge in [-0.2, -0.15) is 0 Å². The molecule has 23 heavy (non-hydrogen) atoms. The molecule has 1 atom stereocenters. The van der Waals surface area contributed by atoms with E-state index in [1.807, 2.05) is 49.5 Å². The average Bonchev–Trinajstić information content (AvgIpc) is 2.96. The Kier molecular flexibility index (Phi) is 4.68. The van der Waals surface area contributed by atoms with Crippen LogP contribution >= 0.6 is 11.6 Å². The van der Waals surface area contributed by atoms with E-state index in [0.29, 0.717) is 17.9 Å². The van der Waals surface area contributed by atoms with Gasteiger partial charge in [-0.05, 0) is 31.0 Å². The summed E-state index contributed by atoms with van der Waals surface area (Å²) in [6.45, 7) is 1.84. The summed E-state index contributed by atoms with van der Waals surface area (Å²) in [6.07, 6.45) is 2.60. The number of halogens is 1. The fourth-order valence-corrected chi connectivity index (χ4v) is 2.99. The summed E-state index contributed by atoms with van der Waals surface area (Å²) in [7, 11) is 0. The number of aromatic amines is 1. The molecule has 1 heterocycles. The zero-order chi connectivity index (χ0) is 16.2. The predicted octanol–water partition coefficient (Wildman–Crippen LogP) is 5.06. The van der Waals surface area contributed by atoms with Gasteiger partial charge in [-0.15, -0.1) is 0 Å². The highest BCUT2D eigenvalue weighted by Gasteiger charge is 2.15. The van der Waals surface area contributed by atoms with Gasteiger partial charge >= 0.3 is 5.97 Å². The lowest BCUT2D eigenvalue weighted by atomic mass is 10.1. The molecule has 1 aromatic heterocycles. The quantitative estimate of drug-likeness (QED) is 0.666. The summed E-state index contributed by atoms with van der Waals surface area (Å²) in [4.78, 5) is 15.3. The minimum Gasteiger partial charge on any atom is -0.458 e. The number of benzene rings is 2. The fourth-order valence-electron chi connectivity index (χ4n) is 2.70. The molecule has 4 heteroatoms. The van der Waals surface area contributed by atoms with Gasteiger partial charge in [-0.25, -0.2) is 0 Å². The molecule has 0 saturated carbocycles. The second-order valence-corrected chi connectivity index (χ2v) is 5.92. The van der Waals surface area contributed by atoms with E-state index in [0.717, 1.165) is 22.0 Å². The number of nitrogens with one attached hydrogen (secondary N) is 1. The van der Waals surface area contributed by atoms with E-state index in [4.69, 9.17) is 16.3 Å². The summed E-state index contributed by atoms with van der Waals surface area (Å²) in [5.74, 6) is -0.220. The molecule has 0 amide bonds. The van der Waals surface area contributed by atoms with Crippen molar-refractivity contribution in [2.24, 2.45) is 0 Å². The molecule has 3 rings (SSSR count). The van der Waals surface area contributed by atoms with Crippen LogP contribution in [0.15, 0.2) is 54.7 Å². The Morgan fingerprint density at radius 2 is 1.91 bits per heavy atom. The molecular weight excluding hydrogens is 310 g/mol. The highest BCUT2D eigenvalue weighted by Crippen LogP contribution is 2.26. The highest BCUT2D eigenvalue weighted by molar-refractivity contribution is 6.31. The first-order valence-corrected chi connectivity index (χ1v) is 8.02. The number of carbonyl (C=O) groups excluding carboxylic acids is 1. The monoisotopic (exact) mass is 327 g/mol. The maximum absolute atomic E-state index is 12.1. The van der Waals surface area contributed by atoms with Gasteiger partial charge in [-0.3, -0.25) is 4.79 Å². The number of fused-ring (bicyclic) bond motifs is 1. The first-order chi connectivity index (χ1) is 11.1. The van der Waals surface area contributed by atoms with Crippen LogP contribution in [0.2, 0.25) is 5.02 Å². The lowest BCUT2D eigenvalue weighted by Gasteiger charge is -2.14. The second kappa shape index (κ2) is 6.88. The first kappa shape index (κ1) is 15.6. The summed E-state index contributed by atoms with van der Waals surface area (Å²) in [6, 6.07) is 15.5. The molecule has 0 aliphatic heterocycles. The average molecular weight is 328 g/mol. The van der Waals surface area contributed by atoms with Crippen LogP contribution in [-0.2, 0) is 16.0 Å². The number of H-pyrrole nitrogens is 1. The number of ether oxygens (including phenoxy) is 1. The number of hydrogen-bond acceptors (Lipinski definition) is 2. The van der Waals surface area contributed by atoms with Gasteiger partial charge in [0.2, 0.25) is 0 Å². The Hall–Kier alpha value is -2.26. The highest BCUT2D eigenvalue weighted by atomic mass is 35.5. The van der Waals surface area contributed by atoms with Gasteiger partial charge in [0.25, 0.3) is 0 Å². The van der Waals surface area contributed by atoms with E-state index in [9.17, 15) is 4.79 Å². The normalized spacial score (nSPS) is 12.3. The smallest absolute Gasteiger partial charge is 0.306 e. The van der Waals surface area contributed by atoms with Crippen molar-refractivity contribution in [3.05, 3.63) is 70.9 Å². The Morgan fingerprint density at radius 3 is 2.74 bits per heavy atom. The van der Waals surface area contributed by atoms with E-state index >= 15 is 0 Å². The van der Waals surface area contributed by atoms with Crippen molar-refractivity contribution in [1.29, 1.82) is 0 Å². The van der Waals surface area contributed by atoms with E-state index in [-0.39, 0.29) is 12.1 Å². The molecule has 0 saturated heterocycles. The van der Waals surface area contributed by atoms with Crippen LogP contribution in [0.5, 0.6) is 0 Å². The molecule has 0 spiro atoms. The third kappa shape index (κ3) is 3.57. The predicted molar refractivity (Wildman–Crippen MR) is 92.6 cm³/mol. The van der Waals surface area contributed by atoms with Gasteiger partial charge in [0.15, 0.2) is 0 Å². The number of aryl methyl sites for hydroxylation is 1. The van der Waals surface area contributed by atoms with Crippen LogP contribution in [0, 0.1) is 0 Å². The Bertz CT molecular complexity index is 825. The Morgan fingerprint density at radius 1 is 1.17 bits per heavy atom. The van der Waals surface area contributed by atoms with E-state index in [1.54, 1.807) is 6.07 Å². The zero-order valence-electron chi connectivity index (χ0n) is 12.9. The molecule has 3 aromatic rings. The molecule has 0 unspecified atom stereocenters. The van der Waals surface area contributed by atoms with Gasteiger partial charge in [0.1, 0.15) is 6.10 Å². The molecule has 0 fully saturated rings. The topological polar surface area (TPSA) is 42.1 Å². The van der Waals surface area contributed by atoms with Crippen LogP contribution in [0.3, 0.4) is 0 Å². The molecule has 2 aromatic carbocycles. The largest absolute Gasteiger partial charge is 0.458 e. The zero-order valence-corrected chi connectivity index (χ0v) is 13.6. The van der Waals surface area contributed by atoms with Crippen molar-refractivity contribution in [3.63, 3.8) is 0 Å². The van der Waals surface area contributed by atoms with Gasteiger partial charge < -0.3 is 9.72 Å². The van der Waals surface area contributed by atoms with Crippen LogP contribution in [-0.4, -0.2) is 11.0 Å². The SMILES string of the molecule is C[C@H](OC(=O)CCc1c[nH]c2ccccc12)c1ccccc1Cl. The van der Waals surface area contributed by atoms with Crippen LogP contribution < -0.4 is 0 Å². The number of para-hydroxylation sites is 1. The molecule has 0 aliphatic carbocycles. The van der Waals surface area contributed by atoms with Crippen molar-refractivity contribution in [2.45, 2.75) is 25.9 Å². The van der Waals surface area contributed by atoms with Gasteiger partial charge in [-0.1, -0.05) is 48.0 Å². The molecule has 3 nitrogen and oxygen atoms in total. The molecule has 118 valence electrons. The fraction of sp³-hybridized carbons (Fsp3) is 0.211. The maximum Gasteiger partial charge on any atom is 0.306 e. The summed E-state index contributed by atoms with van der Waals surface area (Å²) < 4.78 is 5.49. The third-order valence-electron chi connectivity index (χ3n) is 3.92. The van der Waals surface area contributed by atoms with E-state index < -0.39 is 0 Å². The first-order valence-electron chi connectivity index (χ1n) is 7.64. The van der Waals surface area contributed by atoms with Crippen molar-refractivity contribution in [1.82, 2.24) is 4.98 Å². The van der Waals surface area contributed by atoms with E-state index in [1.165, 1.54) is 0 Å². The Balaban J connectivity index is 1.61. The molecule has 0 bridgehead atoms. The minimum atomic E-state index is -0.348. The van der Waals surface area contributed by atoms with Crippen molar-refractivity contribution < 1.29 is 9.53 Å². The molecule has 0 aliphatic rings. The summed E-state index contributed by atoms with van der Waals surface area (Å²) >= 11 is 6.13. The number of hydrogen-bond donors (Lipinski definition) is 1. The van der Waals surface area contributed by atoms with Crippen molar-refractivity contribution >= 4 is 28.5 Å². The third-order valence-corrected chi connectivity index (χ3v) is 4.27. The van der Waals surface area contributed by atoms with Crippen LogP contribution in [0.4, 0.5) is 0 Å². The second-order valence-electron chi connectivity index (χ2n) is 5.51. The van der Waals surface area contributed by atoms with Crippen LogP contribution in [0.25, 0.3) is 10.9 Å². The number of rotatable bonds is 5. The van der Waals surface area contributed by atoms with Crippen LogP contribution in [0.1, 0.15) is 30.6 Å². The number of esters is 1. The standard InChI is InChI=1S/C19H18ClNO2/c1-13(15-6-2-4-8-17(15)20)23-19(22)11-10-14-12-21-18-9-5-3-7-16(14)18/h2-9,12-13,21H,10-11H2,1H3/t13-/m0/s1. The number of aromatic nitrogens is 1. The lowest BCUT2D eigenvalue weighted by molar-refractivity contribution is -0.148. The van der Waals surface area contributed by atoms with Crippen molar-refractivity contribution in [3.8, 4) is 0 Å². The summed E-state index contributed by atoms with van der Waals surface area (Å²) in [5.41, 5.74) is 3.04. The maximum atomic E-state index is 12.1.